The Bertz CT molecular complexity index is 1300. The number of fused-ring (bicyclic) bond motifs is 1. The van der Waals surface area contributed by atoms with Crippen LogP contribution in [0, 0.1) is 26.6 Å². The van der Waals surface area contributed by atoms with Crippen LogP contribution in [0.25, 0.3) is 0 Å². The fraction of sp³-hybridized carbons (Fsp3) is 0.222. The number of carbonyl (C=O) groups is 1. The number of rotatable bonds is 5. The first kappa shape index (κ1) is 23.7. The fourth-order valence-corrected chi connectivity index (χ4v) is 4.39. The van der Waals surface area contributed by atoms with Crippen molar-refractivity contribution in [2.75, 3.05) is 18.2 Å². The van der Waals surface area contributed by atoms with E-state index in [1.165, 1.54) is 23.9 Å². The minimum Gasteiger partial charge on any atom is -0.495 e. The van der Waals surface area contributed by atoms with E-state index >= 15 is 0 Å². The number of methoxy groups -OCH3 is 1. The number of halogens is 1. The van der Waals surface area contributed by atoms with Crippen molar-refractivity contribution < 1.29 is 13.9 Å². The summed E-state index contributed by atoms with van der Waals surface area (Å²) in [5.74, 6) is 0.353. The van der Waals surface area contributed by atoms with Crippen molar-refractivity contribution in [3.05, 3.63) is 82.7 Å². The highest BCUT2D eigenvalue weighted by Gasteiger charge is 2.18. The molecule has 1 aliphatic rings. The van der Waals surface area contributed by atoms with Crippen molar-refractivity contribution in [1.29, 1.82) is 0 Å². The van der Waals surface area contributed by atoms with Crippen LogP contribution in [0.2, 0.25) is 0 Å². The van der Waals surface area contributed by atoms with Gasteiger partial charge in [-0.25, -0.2) is 9.38 Å². The van der Waals surface area contributed by atoms with E-state index in [1.807, 2.05) is 51.1 Å². The van der Waals surface area contributed by atoms with Crippen LogP contribution in [0.15, 0.2) is 64.6 Å². The quantitative estimate of drug-likeness (QED) is 0.447. The molecule has 1 N–H and O–H groups in total. The molecule has 1 heterocycles. The number of benzene rings is 3. The largest absolute Gasteiger partial charge is 0.495 e. The second-order valence-electron chi connectivity index (χ2n) is 8.21. The second kappa shape index (κ2) is 10.2. The summed E-state index contributed by atoms with van der Waals surface area (Å²) in [5.41, 5.74) is 7.06. The number of amides is 1. The van der Waals surface area contributed by atoms with Gasteiger partial charge in [0, 0.05) is 6.42 Å². The highest BCUT2D eigenvalue weighted by molar-refractivity contribution is 8.14. The number of thioether (sulfide) groups is 1. The number of ether oxygens (including phenoxy) is 1. The Kier molecular flexibility index (Phi) is 7.12. The highest BCUT2D eigenvalue weighted by atomic mass is 32.2. The first-order valence-electron chi connectivity index (χ1n) is 10.9. The topological polar surface area (TPSA) is 63.0 Å². The van der Waals surface area contributed by atoms with Crippen molar-refractivity contribution in [2.24, 2.45) is 9.98 Å². The molecule has 0 aromatic heterocycles. The second-order valence-corrected chi connectivity index (χ2v) is 9.26. The molecule has 3 aromatic rings. The van der Waals surface area contributed by atoms with Gasteiger partial charge in [0.05, 0.1) is 40.7 Å². The average molecular weight is 476 g/mol. The smallest absolute Gasteiger partial charge is 0.234 e. The standard InChI is InChI=1S/C27H26FN3O2S/c1-16-5-10-25(33-4)24(11-16)30-26(32)15-34-27-14-21(19-6-8-20(28)9-7-19)29-22-12-17(2)18(3)13-23(22)31-27/h5-13H,14-15H2,1-4H3,(H,30,32). The maximum Gasteiger partial charge on any atom is 0.234 e. The van der Waals surface area contributed by atoms with E-state index in [9.17, 15) is 9.18 Å². The Morgan fingerprint density at radius 3 is 2.35 bits per heavy atom. The molecule has 34 heavy (non-hydrogen) atoms. The lowest BCUT2D eigenvalue weighted by molar-refractivity contribution is -0.113. The molecule has 0 saturated heterocycles. The lowest BCUT2D eigenvalue weighted by atomic mass is 10.1. The third-order valence-electron chi connectivity index (χ3n) is 5.59. The molecule has 1 amide bonds. The molecule has 0 atom stereocenters. The third-order valence-corrected chi connectivity index (χ3v) is 6.56. The molecule has 1 aliphatic heterocycles. The van der Waals surface area contributed by atoms with E-state index in [4.69, 9.17) is 14.7 Å². The Morgan fingerprint density at radius 1 is 1.00 bits per heavy atom. The molecule has 0 radical (unpaired) electrons. The van der Waals surface area contributed by atoms with Crippen LogP contribution in [0.5, 0.6) is 5.75 Å². The van der Waals surface area contributed by atoms with Gasteiger partial charge in [-0.1, -0.05) is 18.2 Å². The van der Waals surface area contributed by atoms with E-state index in [2.05, 4.69) is 5.32 Å². The summed E-state index contributed by atoms with van der Waals surface area (Å²) < 4.78 is 18.8. The molecule has 0 spiro atoms. The Balaban J connectivity index is 1.58. The predicted molar refractivity (Wildman–Crippen MR) is 139 cm³/mol. The number of aliphatic imine (C=N–C) groups is 2. The number of hydrogen-bond donors (Lipinski definition) is 1. The van der Waals surface area contributed by atoms with Gasteiger partial charge in [-0.15, -0.1) is 11.8 Å². The number of aryl methyl sites for hydroxylation is 3. The van der Waals surface area contributed by atoms with Crippen LogP contribution in [0.4, 0.5) is 21.5 Å². The monoisotopic (exact) mass is 475 g/mol. The summed E-state index contributed by atoms with van der Waals surface area (Å²) >= 11 is 1.37. The van der Waals surface area contributed by atoms with Gasteiger partial charge in [0.15, 0.2) is 0 Å². The van der Waals surface area contributed by atoms with Crippen molar-refractivity contribution in [3.8, 4) is 5.75 Å². The number of carbonyl (C=O) groups excluding carboxylic acids is 1. The normalized spacial score (nSPS) is 12.9. The van der Waals surface area contributed by atoms with Gasteiger partial charge < -0.3 is 10.1 Å². The zero-order valence-electron chi connectivity index (χ0n) is 19.6. The molecule has 7 heteroatoms. The molecule has 0 saturated carbocycles. The van der Waals surface area contributed by atoms with E-state index in [0.29, 0.717) is 17.9 Å². The summed E-state index contributed by atoms with van der Waals surface area (Å²) in [6.07, 6.45) is 0.449. The van der Waals surface area contributed by atoms with Gasteiger partial charge in [-0.05, 0) is 79.4 Å². The van der Waals surface area contributed by atoms with Gasteiger partial charge in [0.1, 0.15) is 11.6 Å². The average Bonchev–Trinajstić information content (AvgIpc) is 2.98. The van der Waals surface area contributed by atoms with Crippen LogP contribution in [-0.2, 0) is 4.79 Å². The lowest BCUT2D eigenvalue weighted by Gasteiger charge is -2.11. The number of anilines is 1. The van der Waals surface area contributed by atoms with Gasteiger partial charge in [-0.3, -0.25) is 9.79 Å². The summed E-state index contributed by atoms with van der Waals surface area (Å²) in [4.78, 5) is 22.5. The lowest BCUT2D eigenvalue weighted by Crippen LogP contribution is -2.17. The summed E-state index contributed by atoms with van der Waals surface area (Å²) in [7, 11) is 1.58. The Labute approximate surface area is 203 Å². The zero-order valence-corrected chi connectivity index (χ0v) is 20.4. The molecular formula is C27H26FN3O2S. The molecule has 0 fully saturated rings. The van der Waals surface area contributed by atoms with Crippen molar-refractivity contribution >= 4 is 45.5 Å². The summed E-state index contributed by atoms with van der Waals surface area (Å²) in [5, 5.41) is 3.71. The molecule has 4 rings (SSSR count). The van der Waals surface area contributed by atoms with E-state index in [1.54, 1.807) is 19.2 Å². The minimum absolute atomic E-state index is 0.151. The SMILES string of the molecule is COc1ccc(C)cc1NC(=O)CSC1=Nc2cc(C)c(C)cc2N=C(c2ccc(F)cc2)C1. The van der Waals surface area contributed by atoms with E-state index in [0.717, 1.165) is 44.4 Å². The molecule has 0 bridgehead atoms. The van der Waals surface area contributed by atoms with Crippen LogP contribution < -0.4 is 10.1 Å². The van der Waals surface area contributed by atoms with Crippen molar-refractivity contribution in [1.82, 2.24) is 0 Å². The van der Waals surface area contributed by atoms with Crippen LogP contribution in [0.1, 0.15) is 28.7 Å². The molecule has 5 nitrogen and oxygen atoms in total. The van der Waals surface area contributed by atoms with Gasteiger partial charge in [0.2, 0.25) is 5.91 Å². The van der Waals surface area contributed by atoms with Gasteiger partial charge in [-0.2, -0.15) is 0 Å². The number of hydrogen-bond acceptors (Lipinski definition) is 5. The van der Waals surface area contributed by atoms with E-state index in [-0.39, 0.29) is 17.5 Å². The van der Waals surface area contributed by atoms with Gasteiger partial charge in [0.25, 0.3) is 0 Å². The summed E-state index contributed by atoms with van der Waals surface area (Å²) in [6.45, 7) is 6.04. The van der Waals surface area contributed by atoms with Crippen molar-refractivity contribution in [3.63, 3.8) is 0 Å². The first-order valence-corrected chi connectivity index (χ1v) is 11.9. The number of nitrogens with one attached hydrogen (secondary N) is 1. The molecule has 0 aliphatic carbocycles. The predicted octanol–water partition coefficient (Wildman–Crippen LogP) is 6.69. The van der Waals surface area contributed by atoms with E-state index < -0.39 is 0 Å². The number of nitrogens with zero attached hydrogens (tertiary/aromatic N) is 2. The summed E-state index contributed by atoms with van der Waals surface area (Å²) in [6, 6.07) is 16.0. The van der Waals surface area contributed by atoms with Crippen molar-refractivity contribution in [2.45, 2.75) is 27.2 Å². The minimum atomic E-state index is -0.295. The van der Waals surface area contributed by atoms with Gasteiger partial charge >= 0.3 is 0 Å². The molecule has 0 unspecified atom stereocenters. The van der Waals surface area contributed by atoms with Crippen LogP contribution >= 0.6 is 11.8 Å². The maximum absolute atomic E-state index is 13.5. The maximum atomic E-state index is 13.5. The van der Waals surface area contributed by atoms with Crippen LogP contribution in [0.3, 0.4) is 0 Å². The fourth-order valence-electron chi connectivity index (χ4n) is 3.61. The molecule has 3 aromatic carbocycles. The highest BCUT2D eigenvalue weighted by Crippen LogP contribution is 2.36. The first-order chi connectivity index (χ1) is 16.3. The third kappa shape index (κ3) is 5.54. The molecule has 174 valence electrons. The zero-order chi connectivity index (χ0) is 24.2. The molecular weight excluding hydrogens is 449 g/mol. The van der Waals surface area contributed by atoms with Crippen LogP contribution in [-0.4, -0.2) is 29.5 Å². The Morgan fingerprint density at radius 2 is 1.68 bits per heavy atom. The Hall–Kier alpha value is -3.45.